The lowest BCUT2D eigenvalue weighted by molar-refractivity contribution is 1.17. The van der Waals surface area contributed by atoms with E-state index in [1.807, 2.05) is 0 Å². The van der Waals surface area contributed by atoms with Gasteiger partial charge in [0.1, 0.15) is 2.14 Å². The Morgan fingerprint density at radius 1 is 1.11 bits per heavy atom. The van der Waals surface area contributed by atoms with E-state index in [1.165, 1.54) is 0 Å². The zero-order valence-corrected chi connectivity index (χ0v) is 10.9. The zero-order valence-electron chi connectivity index (χ0n) is 4.58. The van der Waals surface area contributed by atoms with Crippen molar-refractivity contribution in [1.82, 2.24) is 0 Å². The van der Waals surface area contributed by atoms with Crippen LogP contribution in [-0.2, 0) is 0 Å². The Kier molecular flexibility index (Phi) is 6.31. The van der Waals surface area contributed by atoms with Crippen molar-refractivity contribution in [3.05, 3.63) is 12.2 Å². The molecule has 0 saturated heterocycles. The van der Waals surface area contributed by atoms with Crippen LogP contribution in [0, 0.1) is 0 Å². The smallest absolute Gasteiger partial charge is 0.0883 e. The fourth-order valence-electron chi connectivity index (χ4n) is 0.280. The molecule has 0 rings (SSSR count). The minimum absolute atomic E-state index is 0.119. The normalized spacial score (nSPS) is 12.9. The monoisotopic (exact) mass is 382 g/mol. The van der Waals surface area contributed by atoms with Crippen LogP contribution in [0.25, 0.3) is 0 Å². The highest BCUT2D eigenvalue weighted by atomic mass is 80.0. The summed E-state index contributed by atoms with van der Waals surface area (Å²) >= 11 is 13.4. The molecule has 0 bridgehead atoms. The number of hydrogen-bond donors (Lipinski definition) is 0. The molecule has 0 fully saturated rings. The Morgan fingerprint density at radius 3 is 2.00 bits per heavy atom. The van der Waals surface area contributed by atoms with Crippen LogP contribution in [0.4, 0.5) is 0 Å². The van der Waals surface area contributed by atoms with E-state index >= 15 is 0 Å². The molecule has 4 heteroatoms. The fraction of sp³-hybridized carbons (Fsp3) is 0.600. The first kappa shape index (κ1) is 10.7. The average Bonchev–Trinajstić information content (AvgIpc) is 1.63. The molecule has 9 heavy (non-hydrogen) atoms. The highest BCUT2D eigenvalue weighted by Crippen LogP contribution is 2.37. The van der Waals surface area contributed by atoms with E-state index in [0.29, 0.717) is 0 Å². The summed E-state index contributed by atoms with van der Waals surface area (Å²) in [6, 6.07) is 0. The maximum absolute atomic E-state index is 3.38. The molecule has 0 nitrogen and oxygen atoms in total. The predicted octanol–water partition coefficient (Wildman–Crippen LogP) is 4.17. The summed E-state index contributed by atoms with van der Waals surface area (Å²) in [5, 5.41) is 0.913. The topological polar surface area (TPSA) is 0 Å². The van der Waals surface area contributed by atoms with E-state index in [-0.39, 0.29) is 2.14 Å². The molecule has 0 heterocycles. The summed E-state index contributed by atoms with van der Waals surface area (Å²) in [6.45, 7) is 0. The van der Waals surface area contributed by atoms with Crippen molar-refractivity contribution < 1.29 is 0 Å². The molecule has 0 aliphatic carbocycles. The second kappa shape index (κ2) is 5.33. The van der Waals surface area contributed by atoms with Crippen molar-refractivity contribution in [2.24, 2.45) is 0 Å². The molecular formula is C5H6Br4. The molecular weight excluding hydrogens is 380 g/mol. The Hall–Kier alpha value is 1.66. The van der Waals surface area contributed by atoms with Crippen LogP contribution in [-0.4, -0.2) is 7.47 Å². The third-order valence-electron chi connectivity index (χ3n) is 0.605. The lowest BCUT2D eigenvalue weighted by Crippen LogP contribution is -1.94. The fourth-order valence-corrected chi connectivity index (χ4v) is 1.11. The standard InChI is InChI=1S/C5H6Br4/c6-4-2-1-3-5(7,8)9/h1-2H,3-4H2. The first-order chi connectivity index (χ1) is 4.06. The summed E-state index contributed by atoms with van der Waals surface area (Å²) < 4.78 is -0.119. The SMILES string of the molecule is BrCC=CCC(Br)(Br)Br. The summed E-state index contributed by atoms with van der Waals surface area (Å²) in [5.74, 6) is 0. The molecule has 0 atom stereocenters. The van der Waals surface area contributed by atoms with Crippen molar-refractivity contribution in [3.8, 4) is 0 Å². The highest BCUT2D eigenvalue weighted by Gasteiger charge is 2.13. The van der Waals surface area contributed by atoms with Gasteiger partial charge in [0.15, 0.2) is 0 Å². The molecule has 0 aliphatic heterocycles. The van der Waals surface area contributed by atoms with Crippen LogP contribution < -0.4 is 0 Å². The quantitative estimate of drug-likeness (QED) is 0.494. The predicted molar refractivity (Wildman–Crippen MR) is 57.1 cm³/mol. The Morgan fingerprint density at radius 2 is 1.67 bits per heavy atom. The number of alkyl halides is 4. The molecule has 0 unspecified atom stereocenters. The van der Waals surface area contributed by atoms with Crippen LogP contribution >= 0.6 is 63.7 Å². The van der Waals surface area contributed by atoms with E-state index < -0.39 is 0 Å². The zero-order chi connectivity index (χ0) is 7.33. The number of allylic oxidation sites excluding steroid dienone is 2. The Labute approximate surface area is 89.0 Å². The lowest BCUT2D eigenvalue weighted by atomic mass is 10.4. The summed E-state index contributed by atoms with van der Waals surface area (Å²) in [7, 11) is 0. The van der Waals surface area contributed by atoms with Crippen molar-refractivity contribution in [2.45, 2.75) is 8.56 Å². The van der Waals surface area contributed by atoms with Gasteiger partial charge in [-0.05, 0) is 0 Å². The van der Waals surface area contributed by atoms with E-state index in [9.17, 15) is 0 Å². The van der Waals surface area contributed by atoms with Gasteiger partial charge in [0, 0.05) is 11.8 Å². The molecule has 54 valence electrons. The maximum atomic E-state index is 3.38. The van der Waals surface area contributed by atoms with Gasteiger partial charge in [-0.2, -0.15) is 0 Å². The van der Waals surface area contributed by atoms with Gasteiger partial charge < -0.3 is 0 Å². The van der Waals surface area contributed by atoms with Crippen LogP contribution in [0.2, 0.25) is 0 Å². The lowest BCUT2D eigenvalue weighted by Gasteiger charge is -2.06. The largest absolute Gasteiger partial charge is 0.138 e. The van der Waals surface area contributed by atoms with Crippen LogP contribution in [0.1, 0.15) is 6.42 Å². The molecule has 0 aromatic carbocycles. The Balaban J connectivity index is 3.38. The number of halogens is 4. The van der Waals surface area contributed by atoms with Crippen LogP contribution in [0.15, 0.2) is 12.2 Å². The van der Waals surface area contributed by atoms with Crippen molar-refractivity contribution >= 4 is 63.7 Å². The Bertz CT molecular complexity index is 91.6. The second-order valence-electron chi connectivity index (χ2n) is 1.45. The maximum Gasteiger partial charge on any atom is 0.138 e. The average molecular weight is 386 g/mol. The van der Waals surface area contributed by atoms with Crippen molar-refractivity contribution in [2.75, 3.05) is 5.33 Å². The molecule has 0 aliphatic rings. The molecule has 0 amide bonds. The van der Waals surface area contributed by atoms with Crippen molar-refractivity contribution in [3.63, 3.8) is 0 Å². The van der Waals surface area contributed by atoms with Gasteiger partial charge in [-0.3, -0.25) is 0 Å². The van der Waals surface area contributed by atoms with E-state index in [4.69, 9.17) is 0 Å². The minimum atomic E-state index is -0.119. The van der Waals surface area contributed by atoms with E-state index in [0.717, 1.165) is 11.8 Å². The van der Waals surface area contributed by atoms with E-state index in [1.54, 1.807) is 0 Å². The van der Waals surface area contributed by atoms with Gasteiger partial charge in [-0.25, -0.2) is 0 Å². The molecule has 0 aromatic rings. The number of rotatable bonds is 2. The molecule has 0 aromatic heterocycles. The first-order valence-electron chi connectivity index (χ1n) is 2.34. The van der Waals surface area contributed by atoms with Gasteiger partial charge in [-0.15, -0.1) is 0 Å². The molecule has 0 N–H and O–H groups in total. The molecule has 0 radical (unpaired) electrons. The molecule has 0 spiro atoms. The first-order valence-corrected chi connectivity index (χ1v) is 5.84. The second-order valence-corrected chi connectivity index (χ2v) is 9.35. The van der Waals surface area contributed by atoms with Crippen LogP contribution in [0.5, 0.6) is 0 Å². The van der Waals surface area contributed by atoms with Crippen molar-refractivity contribution in [1.29, 1.82) is 0 Å². The van der Waals surface area contributed by atoms with Crippen LogP contribution in [0.3, 0.4) is 0 Å². The summed E-state index contributed by atoms with van der Waals surface area (Å²) in [4.78, 5) is 0. The van der Waals surface area contributed by atoms with Gasteiger partial charge in [0.2, 0.25) is 0 Å². The van der Waals surface area contributed by atoms with Gasteiger partial charge in [0.25, 0.3) is 0 Å². The minimum Gasteiger partial charge on any atom is -0.0883 e. The highest BCUT2D eigenvalue weighted by molar-refractivity contribution is 9.39. The van der Waals surface area contributed by atoms with E-state index in [2.05, 4.69) is 75.9 Å². The molecule has 0 saturated carbocycles. The van der Waals surface area contributed by atoms with Gasteiger partial charge >= 0.3 is 0 Å². The van der Waals surface area contributed by atoms with Gasteiger partial charge in [0.05, 0.1) is 0 Å². The summed E-state index contributed by atoms with van der Waals surface area (Å²) in [5.41, 5.74) is 0. The number of hydrogen-bond acceptors (Lipinski definition) is 0. The summed E-state index contributed by atoms with van der Waals surface area (Å²) in [6.07, 6.45) is 5.05. The third kappa shape index (κ3) is 9.66. The van der Waals surface area contributed by atoms with Gasteiger partial charge in [-0.1, -0.05) is 75.9 Å². The third-order valence-corrected chi connectivity index (χ3v) is 1.95.